The van der Waals surface area contributed by atoms with E-state index in [2.05, 4.69) is 5.32 Å². The van der Waals surface area contributed by atoms with Gasteiger partial charge in [-0.15, -0.1) is 0 Å². The molecule has 0 heterocycles. The van der Waals surface area contributed by atoms with Crippen LogP contribution in [0.4, 0.5) is 11.4 Å². The third-order valence-corrected chi connectivity index (χ3v) is 2.82. The number of hydrogen-bond acceptors (Lipinski definition) is 4. The number of benzene rings is 1. The summed E-state index contributed by atoms with van der Waals surface area (Å²) in [5.41, 5.74) is 6.99. The lowest BCUT2D eigenvalue weighted by atomic mass is 10.00. The summed E-state index contributed by atoms with van der Waals surface area (Å²) >= 11 is 0. The van der Waals surface area contributed by atoms with Crippen molar-refractivity contribution in [3.05, 3.63) is 18.2 Å². The van der Waals surface area contributed by atoms with E-state index in [1.807, 2.05) is 32.9 Å². The molecule has 1 rings (SSSR count). The molecular formula is C13H22N2O2. The van der Waals surface area contributed by atoms with E-state index in [4.69, 9.17) is 10.5 Å². The maximum Gasteiger partial charge on any atom is 0.123 e. The Morgan fingerprint density at radius 3 is 2.59 bits per heavy atom. The van der Waals surface area contributed by atoms with Crippen molar-refractivity contribution in [2.45, 2.75) is 32.7 Å². The van der Waals surface area contributed by atoms with Crippen LogP contribution in [0.5, 0.6) is 5.75 Å². The molecule has 0 aliphatic carbocycles. The Morgan fingerprint density at radius 2 is 2.06 bits per heavy atom. The molecule has 0 aromatic heterocycles. The minimum Gasteiger partial charge on any atom is -0.494 e. The molecule has 1 aromatic rings. The van der Waals surface area contributed by atoms with Crippen LogP contribution in [0, 0.1) is 0 Å². The highest BCUT2D eigenvalue weighted by Crippen LogP contribution is 2.26. The van der Waals surface area contributed by atoms with E-state index < -0.39 is 0 Å². The molecule has 4 N–H and O–H groups in total. The zero-order valence-electron chi connectivity index (χ0n) is 10.8. The largest absolute Gasteiger partial charge is 0.494 e. The van der Waals surface area contributed by atoms with Gasteiger partial charge in [-0.3, -0.25) is 0 Å². The molecule has 0 spiro atoms. The Bertz CT molecular complexity index is 362. The maximum atomic E-state index is 9.36. The third kappa shape index (κ3) is 3.82. The highest BCUT2D eigenvalue weighted by molar-refractivity contribution is 5.60. The second kappa shape index (κ2) is 5.77. The van der Waals surface area contributed by atoms with E-state index in [1.165, 1.54) is 0 Å². The molecule has 0 bridgehead atoms. The van der Waals surface area contributed by atoms with Crippen molar-refractivity contribution in [2.24, 2.45) is 0 Å². The monoisotopic (exact) mass is 238 g/mol. The molecule has 1 aromatic carbocycles. The molecule has 1 atom stereocenters. The fourth-order valence-electron chi connectivity index (χ4n) is 1.53. The SMILES string of the molecule is CCOc1cc(N)cc(NC(C)(CC)CO)c1. The van der Waals surface area contributed by atoms with E-state index in [0.717, 1.165) is 17.9 Å². The van der Waals surface area contributed by atoms with Crippen molar-refractivity contribution in [1.29, 1.82) is 0 Å². The average molecular weight is 238 g/mol. The molecule has 17 heavy (non-hydrogen) atoms. The number of nitrogens with one attached hydrogen (secondary N) is 1. The first-order chi connectivity index (χ1) is 8.03. The number of rotatable bonds is 6. The topological polar surface area (TPSA) is 67.5 Å². The van der Waals surface area contributed by atoms with Gasteiger partial charge in [0.25, 0.3) is 0 Å². The van der Waals surface area contributed by atoms with Crippen molar-refractivity contribution in [2.75, 3.05) is 24.3 Å². The zero-order chi connectivity index (χ0) is 12.9. The molecule has 96 valence electrons. The summed E-state index contributed by atoms with van der Waals surface area (Å²) in [5, 5.41) is 12.6. The van der Waals surface area contributed by atoms with Crippen molar-refractivity contribution in [3.63, 3.8) is 0 Å². The van der Waals surface area contributed by atoms with Crippen LogP contribution in [-0.2, 0) is 0 Å². The fourth-order valence-corrected chi connectivity index (χ4v) is 1.53. The summed E-state index contributed by atoms with van der Waals surface area (Å²) < 4.78 is 5.43. The van der Waals surface area contributed by atoms with Gasteiger partial charge in [-0.25, -0.2) is 0 Å². The zero-order valence-corrected chi connectivity index (χ0v) is 10.8. The lowest BCUT2D eigenvalue weighted by Crippen LogP contribution is -2.37. The number of anilines is 2. The van der Waals surface area contributed by atoms with Crippen LogP contribution in [0.2, 0.25) is 0 Å². The molecule has 4 heteroatoms. The Balaban J connectivity index is 2.90. The van der Waals surface area contributed by atoms with Crippen molar-refractivity contribution in [3.8, 4) is 5.75 Å². The van der Waals surface area contributed by atoms with Crippen LogP contribution in [-0.4, -0.2) is 23.9 Å². The van der Waals surface area contributed by atoms with Gasteiger partial charge in [-0.1, -0.05) is 6.92 Å². The van der Waals surface area contributed by atoms with Gasteiger partial charge in [-0.05, 0) is 26.3 Å². The summed E-state index contributed by atoms with van der Waals surface area (Å²) in [7, 11) is 0. The van der Waals surface area contributed by atoms with Crippen LogP contribution >= 0.6 is 0 Å². The number of nitrogen functional groups attached to an aromatic ring is 1. The Morgan fingerprint density at radius 1 is 1.35 bits per heavy atom. The Labute approximate surface area is 103 Å². The number of aliphatic hydroxyl groups excluding tert-OH is 1. The van der Waals surface area contributed by atoms with E-state index in [9.17, 15) is 5.11 Å². The molecule has 4 nitrogen and oxygen atoms in total. The summed E-state index contributed by atoms with van der Waals surface area (Å²) in [4.78, 5) is 0. The van der Waals surface area contributed by atoms with Crippen LogP contribution in [0.1, 0.15) is 27.2 Å². The van der Waals surface area contributed by atoms with Crippen LogP contribution < -0.4 is 15.8 Å². The summed E-state index contributed by atoms with van der Waals surface area (Å²) in [6.45, 7) is 6.60. The van der Waals surface area contributed by atoms with Crippen molar-refractivity contribution in [1.82, 2.24) is 0 Å². The maximum absolute atomic E-state index is 9.36. The molecule has 0 fully saturated rings. The van der Waals surface area contributed by atoms with Gasteiger partial charge in [0.15, 0.2) is 0 Å². The van der Waals surface area contributed by atoms with Crippen LogP contribution in [0.15, 0.2) is 18.2 Å². The molecule has 0 saturated heterocycles. The summed E-state index contributed by atoms with van der Waals surface area (Å²) in [6, 6.07) is 5.52. The van der Waals surface area contributed by atoms with E-state index in [0.29, 0.717) is 12.3 Å². The van der Waals surface area contributed by atoms with Crippen molar-refractivity contribution < 1.29 is 9.84 Å². The van der Waals surface area contributed by atoms with E-state index in [-0.39, 0.29) is 12.1 Å². The number of nitrogens with two attached hydrogens (primary N) is 1. The molecule has 0 aliphatic rings. The first kappa shape index (κ1) is 13.6. The van der Waals surface area contributed by atoms with Gasteiger partial charge in [0, 0.05) is 23.5 Å². The van der Waals surface area contributed by atoms with Gasteiger partial charge in [0.1, 0.15) is 5.75 Å². The van der Waals surface area contributed by atoms with E-state index in [1.54, 1.807) is 6.07 Å². The smallest absolute Gasteiger partial charge is 0.123 e. The predicted molar refractivity (Wildman–Crippen MR) is 71.4 cm³/mol. The highest BCUT2D eigenvalue weighted by atomic mass is 16.5. The highest BCUT2D eigenvalue weighted by Gasteiger charge is 2.20. The molecule has 0 radical (unpaired) electrons. The minimum atomic E-state index is -0.336. The number of aliphatic hydroxyl groups is 1. The molecule has 0 aliphatic heterocycles. The average Bonchev–Trinajstić information content (AvgIpc) is 2.28. The number of hydrogen-bond donors (Lipinski definition) is 3. The van der Waals surface area contributed by atoms with E-state index >= 15 is 0 Å². The van der Waals surface area contributed by atoms with Crippen molar-refractivity contribution >= 4 is 11.4 Å². The standard InChI is InChI=1S/C13H22N2O2/c1-4-13(3,9-16)15-11-6-10(14)7-12(8-11)17-5-2/h6-8,15-16H,4-5,9,14H2,1-3H3. The van der Waals surface area contributed by atoms with Gasteiger partial charge in [0.2, 0.25) is 0 Å². The first-order valence-corrected chi connectivity index (χ1v) is 5.95. The van der Waals surface area contributed by atoms with Gasteiger partial charge < -0.3 is 20.9 Å². The molecular weight excluding hydrogens is 216 g/mol. The van der Waals surface area contributed by atoms with Gasteiger partial charge >= 0.3 is 0 Å². The second-order valence-electron chi connectivity index (χ2n) is 4.42. The Kier molecular flexibility index (Phi) is 4.63. The minimum absolute atomic E-state index is 0.0717. The first-order valence-electron chi connectivity index (χ1n) is 5.95. The second-order valence-corrected chi connectivity index (χ2v) is 4.42. The Hall–Kier alpha value is -1.42. The molecule has 0 saturated carbocycles. The van der Waals surface area contributed by atoms with Crippen LogP contribution in [0.25, 0.3) is 0 Å². The normalized spacial score (nSPS) is 14.1. The summed E-state index contributed by atoms with van der Waals surface area (Å²) in [5.74, 6) is 0.742. The van der Waals surface area contributed by atoms with Crippen LogP contribution in [0.3, 0.4) is 0 Å². The van der Waals surface area contributed by atoms with Gasteiger partial charge in [0.05, 0.1) is 18.8 Å². The predicted octanol–water partition coefficient (Wildman–Crippen LogP) is 2.24. The summed E-state index contributed by atoms with van der Waals surface area (Å²) in [6.07, 6.45) is 0.822. The third-order valence-electron chi connectivity index (χ3n) is 2.82. The molecule has 1 unspecified atom stereocenters. The lowest BCUT2D eigenvalue weighted by molar-refractivity contribution is 0.219. The quantitative estimate of drug-likeness (QED) is 0.665. The number of ether oxygens (including phenoxy) is 1. The lowest BCUT2D eigenvalue weighted by Gasteiger charge is -2.28. The van der Waals surface area contributed by atoms with Gasteiger partial charge in [-0.2, -0.15) is 0 Å². The fraction of sp³-hybridized carbons (Fsp3) is 0.538. The molecule has 0 amide bonds.